The Morgan fingerprint density at radius 2 is 2.00 bits per heavy atom. The molecule has 140 valence electrons. The van der Waals surface area contributed by atoms with Gasteiger partial charge >= 0.3 is 5.97 Å². The minimum absolute atomic E-state index is 0.0402. The van der Waals surface area contributed by atoms with Gasteiger partial charge in [-0.2, -0.15) is 0 Å². The molecule has 0 bridgehead atoms. The molecule has 0 aromatic heterocycles. The van der Waals surface area contributed by atoms with E-state index in [9.17, 15) is 19.2 Å². The van der Waals surface area contributed by atoms with Gasteiger partial charge in [0.1, 0.15) is 0 Å². The minimum Gasteiger partial charge on any atom is -0.455 e. The van der Waals surface area contributed by atoms with Crippen LogP contribution in [-0.2, 0) is 23.9 Å². The maximum Gasteiger partial charge on any atom is 0.316 e. The van der Waals surface area contributed by atoms with Crippen molar-refractivity contribution in [3.63, 3.8) is 0 Å². The van der Waals surface area contributed by atoms with Crippen LogP contribution in [0.4, 0.5) is 5.69 Å². The maximum atomic E-state index is 11.9. The molecule has 1 aromatic carbocycles. The lowest BCUT2D eigenvalue weighted by Crippen LogP contribution is -2.35. The second-order valence-electron chi connectivity index (χ2n) is 6.06. The van der Waals surface area contributed by atoms with E-state index in [0.717, 1.165) is 33.5 Å². The first-order valence-electron chi connectivity index (χ1n) is 8.30. The van der Waals surface area contributed by atoms with Crippen LogP contribution in [0.3, 0.4) is 0 Å². The molecule has 8 heteroatoms. The number of hydrogen-bond acceptors (Lipinski definition) is 6. The minimum atomic E-state index is -0.589. The third-order valence-corrected chi connectivity index (χ3v) is 4.75. The van der Waals surface area contributed by atoms with Gasteiger partial charge in [-0.3, -0.25) is 24.1 Å². The van der Waals surface area contributed by atoms with E-state index in [2.05, 4.69) is 5.32 Å². The first-order chi connectivity index (χ1) is 12.4. The molecule has 2 rings (SSSR count). The van der Waals surface area contributed by atoms with E-state index in [1.807, 2.05) is 32.0 Å². The molecule has 0 atom stereocenters. The normalized spacial score (nSPS) is 13.6. The molecule has 1 aliphatic rings. The molecule has 0 spiro atoms. The summed E-state index contributed by atoms with van der Waals surface area (Å²) in [6.07, 6.45) is 0.995. The molecule has 0 radical (unpaired) electrons. The zero-order chi connectivity index (χ0) is 19.1. The van der Waals surface area contributed by atoms with Gasteiger partial charge in [0, 0.05) is 18.7 Å². The van der Waals surface area contributed by atoms with Crippen LogP contribution in [0.25, 0.3) is 0 Å². The van der Waals surface area contributed by atoms with Gasteiger partial charge in [0.15, 0.2) is 6.61 Å². The fourth-order valence-electron chi connectivity index (χ4n) is 2.54. The van der Waals surface area contributed by atoms with Crippen molar-refractivity contribution < 1.29 is 23.9 Å². The lowest BCUT2D eigenvalue weighted by Gasteiger charge is -2.13. The molecule has 1 fully saturated rings. The molecular formula is C18H22N2O5S. The number of carbonyl (C=O) groups excluding carboxylic acids is 4. The van der Waals surface area contributed by atoms with Crippen LogP contribution in [0.2, 0.25) is 0 Å². The SMILES string of the molecule is Cc1ccc(NC(=O)CSCC(=O)OCC(=O)N2CCCC2=O)c(C)c1. The summed E-state index contributed by atoms with van der Waals surface area (Å²) in [6.45, 7) is 3.82. The Bertz CT molecular complexity index is 720. The Hall–Kier alpha value is -2.35. The van der Waals surface area contributed by atoms with Crippen LogP contribution in [0.5, 0.6) is 0 Å². The van der Waals surface area contributed by atoms with E-state index in [4.69, 9.17) is 4.74 Å². The Morgan fingerprint density at radius 1 is 1.23 bits per heavy atom. The highest BCUT2D eigenvalue weighted by atomic mass is 32.2. The summed E-state index contributed by atoms with van der Waals surface area (Å²) in [5.41, 5.74) is 2.82. The van der Waals surface area contributed by atoms with Gasteiger partial charge < -0.3 is 10.1 Å². The number of anilines is 1. The van der Waals surface area contributed by atoms with E-state index < -0.39 is 18.5 Å². The van der Waals surface area contributed by atoms with Crippen molar-refractivity contribution in [1.82, 2.24) is 4.90 Å². The zero-order valence-corrected chi connectivity index (χ0v) is 15.7. The summed E-state index contributed by atoms with van der Waals surface area (Å²) in [4.78, 5) is 47.9. The Morgan fingerprint density at radius 3 is 2.65 bits per heavy atom. The summed E-state index contributed by atoms with van der Waals surface area (Å²) < 4.78 is 4.86. The average molecular weight is 378 g/mol. The van der Waals surface area contributed by atoms with E-state index in [0.29, 0.717) is 19.4 Å². The number of aryl methyl sites for hydroxylation is 2. The van der Waals surface area contributed by atoms with Crippen molar-refractivity contribution in [2.24, 2.45) is 0 Å². The molecule has 7 nitrogen and oxygen atoms in total. The van der Waals surface area contributed by atoms with E-state index in [-0.39, 0.29) is 23.3 Å². The molecule has 0 unspecified atom stereocenters. The van der Waals surface area contributed by atoms with Crippen molar-refractivity contribution in [2.75, 3.05) is 30.0 Å². The molecule has 1 N–H and O–H groups in total. The molecule has 1 aromatic rings. The molecule has 1 heterocycles. The number of carbonyl (C=O) groups is 4. The molecule has 3 amide bonds. The molecule has 1 saturated heterocycles. The maximum absolute atomic E-state index is 11.9. The lowest BCUT2D eigenvalue weighted by molar-refractivity contribution is -0.153. The third kappa shape index (κ3) is 5.87. The number of esters is 1. The van der Waals surface area contributed by atoms with Gasteiger partial charge in [-0.25, -0.2) is 0 Å². The van der Waals surface area contributed by atoms with E-state index >= 15 is 0 Å². The smallest absolute Gasteiger partial charge is 0.316 e. The number of thioether (sulfide) groups is 1. The summed E-state index contributed by atoms with van der Waals surface area (Å²) in [5.74, 6) is -1.48. The average Bonchev–Trinajstić information content (AvgIpc) is 3.01. The highest BCUT2D eigenvalue weighted by Gasteiger charge is 2.26. The Balaban J connectivity index is 1.65. The van der Waals surface area contributed by atoms with Crippen molar-refractivity contribution >= 4 is 41.1 Å². The van der Waals surface area contributed by atoms with Gasteiger partial charge in [-0.1, -0.05) is 17.7 Å². The highest BCUT2D eigenvalue weighted by molar-refractivity contribution is 8.00. The van der Waals surface area contributed by atoms with Crippen LogP contribution in [0.1, 0.15) is 24.0 Å². The number of hydrogen-bond donors (Lipinski definition) is 1. The van der Waals surface area contributed by atoms with Crippen LogP contribution in [-0.4, -0.2) is 53.2 Å². The fourth-order valence-corrected chi connectivity index (χ4v) is 3.15. The van der Waals surface area contributed by atoms with Crippen LogP contribution in [0, 0.1) is 13.8 Å². The van der Waals surface area contributed by atoms with Gasteiger partial charge in [-0.15, -0.1) is 11.8 Å². The zero-order valence-electron chi connectivity index (χ0n) is 14.9. The second kappa shape index (κ2) is 9.38. The number of likely N-dealkylation sites (tertiary alicyclic amines) is 1. The number of nitrogens with one attached hydrogen (secondary N) is 1. The van der Waals surface area contributed by atoms with Crippen molar-refractivity contribution in [2.45, 2.75) is 26.7 Å². The Kier molecular flexibility index (Phi) is 7.20. The van der Waals surface area contributed by atoms with Crippen LogP contribution >= 0.6 is 11.8 Å². The van der Waals surface area contributed by atoms with Crippen molar-refractivity contribution in [1.29, 1.82) is 0 Å². The number of rotatable bonds is 7. The molecule has 1 aliphatic heterocycles. The molecule has 0 saturated carbocycles. The lowest BCUT2D eigenvalue weighted by atomic mass is 10.1. The predicted octanol–water partition coefficient (Wildman–Crippen LogP) is 1.67. The summed E-state index contributed by atoms with van der Waals surface area (Å²) in [5, 5.41) is 2.79. The third-order valence-electron chi connectivity index (χ3n) is 3.84. The number of benzene rings is 1. The fraction of sp³-hybridized carbons (Fsp3) is 0.444. The van der Waals surface area contributed by atoms with Crippen molar-refractivity contribution in [3.05, 3.63) is 29.3 Å². The number of nitrogens with zero attached hydrogens (tertiary/aromatic N) is 1. The van der Waals surface area contributed by atoms with Crippen LogP contribution < -0.4 is 5.32 Å². The van der Waals surface area contributed by atoms with Gasteiger partial charge in [0.25, 0.3) is 5.91 Å². The first kappa shape index (κ1) is 20.0. The molecular weight excluding hydrogens is 356 g/mol. The summed E-state index contributed by atoms with van der Waals surface area (Å²) in [6, 6.07) is 5.73. The number of imide groups is 1. The summed E-state index contributed by atoms with van der Waals surface area (Å²) >= 11 is 1.10. The van der Waals surface area contributed by atoms with Crippen LogP contribution in [0.15, 0.2) is 18.2 Å². The summed E-state index contributed by atoms with van der Waals surface area (Å²) in [7, 11) is 0. The number of amides is 3. The van der Waals surface area contributed by atoms with Gasteiger partial charge in [-0.05, 0) is 31.9 Å². The molecule has 26 heavy (non-hydrogen) atoms. The van der Waals surface area contributed by atoms with Crippen molar-refractivity contribution in [3.8, 4) is 0 Å². The first-order valence-corrected chi connectivity index (χ1v) is 9.46. The highest BCUT2D eigenvalue weighted by Crippen LogP contribution is 2.16. The topological polar surface area (TPSA) is 92.8 Å². The monoisotopic (exact) mass is 378 g/mol. The van der Waals surface area contributed by atoms with Gasteiger partial charge in [0.2, 0.25) is 11.8 Å². The largest absolute Gasteiger partial charge is 0.455 e. The van der Waals surface area contributed by atoms with E-state index in [1.165, 1.54) is 0 Å². The predicted molar refractivity (Wildman–Crippen MR) is 98.8 cm³/mol. The second-order valence-corrected chi connectivity index (χ2v) is 7.05. The van der Waals surface area contributed by atoms with Gasteiger partial charge in [0.05, 0.1) is 11.5 Å². The standard InChI is InChI=1S/C18H22N2O5S/c1-12-5-6-14(13(2)8-12)19-15(21)10-26-11-18(24)25-9-17(23)20-7-3-4-16(20)22/h5-6,8H,3-4,7,9-11H2,1-2H3,(H,19,21). The number of ether oxygens (including phenoxy) is 1. The van der Waals surface area contributed by atoms with E-state index in [1.54, 1.807) is 0 Å². The Labute approximate surface area is 156 Å². The molecule has 0 aliphatic carbocycles. The quantitative estimate of drug-likeness (QED) is 0.726.